The fourth-order valence-electron chi connectivity index (χ4n) is 3.12. The van der Waals surface area contributed by atoms with Crippen molar-refractivity contribution < 1.29 is 4.79 Å². The molecule has 6 heteroatoms. The summed E-state index contributed by atoms with van der Waals surface area (Å²) < 4.78 is 1.91. The lowest BCUT2D eigenvalue weighted by Crippen LogP contribution is -2.26. The minimum absolute atomic E-state index is 0.164. The van der Waals surface area contributed by atoms with Crippen LogP contribution in [-0.4, -0.2) is 33.3 Å². The fourth-order valence-corrected chi connectivity index (χ4v) is 3.12. The van der Waals surface area contributed by atoms with E-state index in [0.717, 1.165) is 48.3 Å². The summed E-state index contributed by atoms with van der Waals surface area (Å²) in [5.74, 6) is 0.164. The Morgan fingerprint density at radius 1 is 1.14 bits per heavy atom. The normalized spacial score (nSPS) is 13.4. The van der Waals surface area contributed by atoms with E-state index >= 15 is 0 Å². The van der Waals surface area contributed by atoms with Gasteiger partial charge in [0.2, 0.25) is 5.91 Å². The van der Waals surface area contributed by atoms with Gasteiger partial charge in [0, 0.05) is 48.7 Å². The molecule has 1 saturated carbocycles. The van der Waals surface area contributed by atoms with E-state index in [0.29, 0.717) is 19.0 Å². The van der Waals surface area contributed by atoms with Crippen LogP contribution in [0.5, 0.6) is 0 Å². The second-order valence-electron chi connectivity index (χ2n) is 7.15. The second-order valence-corrected chi connectivity index (χ2v) is 7.15. The van der Waals surface area contributed by atoms with Crippen LogP contribution in [0.4, 0.5) is 0 Å². The molecular weight excluding hydrogens is 350 g/mol. The molecule has 0 atom stereocenters. The van der Waals surface area contributed by atoms with Crippen LogP contribution in [0.1, 0.15) is 31.2 Å². The number of carbonyl (C=O) groups excluding carboxylic acids is 1. The van der Waals surface area contributed by atoms with Crippen molar-refractivity contribution in [3.05, 3.63) is 66.6 Å². The van der Waals surface area contributed by atoms with Crippen molar-refractivity contribution in [2.75, 3.05) is 6.54 Å². The molecule has 3 aromatic rings. The van der Waals surface area contributed by atoms with Gasteiger partial charge >= 0.3 is 0 Å². The smallest absolute Gasteiger partial charge is 0.220 e. The van der Waals surface area contributed by atoms with Crippen molar-refractivity contribution in [1.82, 2.24) is 25.4 Å². The van der Waals surface area contributed by atoms with Crippen LogP contribution in [0, 0.1) is 0 Å². The molecule has 0 saturated heterocycles. The molecule has 2 N–H and O–H groups in total. The minimum atomic E-state index is 0.164. The van der Waals surface area contributed by atoms with E-state index in [1.165, 1.54) is 0 Å². The number of hydrogen-bond acceptors (Lipinski definition) is 4. The number of hydrogen-bond donors (Lipinski definition) is 2. The van der Waals surface area contributed by atoms with Crippen LogP contribution in [0.2, 0.25) is 0 Å². The largest absolute Gasteiger partial charge is 0.353 e. The second kappa shape index (κ2) is 8.80. The lowest BCUT2D eigenvalue weighted by molar-refractivity contribution is -0.121. The fraction of sp³-hybridized carbons (Fsp3) is 0.318. The maximum Gasteiger partial charge on any atom is 0.220 e. The molecule has 28 heavy (non-hydrogen) atoms. The molecule has 0 unspecified atom stereocenters. The van der Waals surface area contributed by atoms with Gasteiger partial charge < -0.3 is 10.6 Å². The Labute approximate surface area is 165 Å². The summed E-state index contributed by atoms with van der Waals surface area (Å²) in [5, 5.41) is 11.3. The molecule has 0 spiro atoms. The average Bonchev–Trinajstić information content (AvgIpc) is 3.44. The van der Waals surface area contributed by atoms with Crippen molar-refractivity contribution >= 4 is 5.91 Å². The predicted octanol–water partition coefficient (Wildman–Crippen LogP) is 3.08. The van der Waals surface area contributed by atoms with Crippen molar-refractivity contribution in [1.29, 1.82) is 0 Å². The van der Waals surface area contributed by atoms with Gasteiger partial charge in [-0.2, -0.15) is 5.10 Å². The van der Waals surface area contributed by atoms with E-state index in [4.69, 9.17) is 5.10 Å². The molecular formula is C22H25N5O. The average molecular weight is 375 g/mol. The van der Waals surface area contributed by atoms with E-state index in [-0.39, 0.29) is 5.91 Å². The highest BCUT2D eigenvalue weighted by molar-refractivity contribution is 5.76. The van der Waals surface area contributed by atoms with Gasteiger partial charge in [-0.25, -0.2) is 4.68 Å². The molecule has 0 radical (unpaired) electrons. The Hall–Kier alpha value is -2.99. The van der Waals surface area contributed by atoms with Gasteiger partial charge in [-0.3, -0.25) is 9.78 Å². The highest BCUT2D eigenvalue weighted by Gasteiger charge is 2.22. The number of benzene rings is 1. The van der Waals surface area contributed by atoms with Gasteiger partial charge in [-0.15, -0.1) is 0 Å². The van der Waals surface area contributed by atoms with E-state index in [1.807, 2.05) is 53.3 Å². The van der Waals surface area contributed by atoms with E-state index in [2.05, 4.69) is 21.8 Å². The van der Waals surface area contributed by atoms with Crippen molar-refractivity contribution in [3.8, 4) is 16.9 Å². The molecule has 1 aliphatic rings. The van der Waals surface area contributed by atoms with Crippen molar-refractivity contribution in [3.63, 3.8) is 0 Å². The van der Waals surface area contributed by atoms with E-state index < -0.39 is 0 Å². The molecule has 1 aliphatic carbocycles. The van der Waals surface area contributed by atoms with Crippen molar-refractivity contribution in [2.45, 2.75) is 38.3 Å². The zero-order valence-electron chi connectivity index (χ0n) is 15.8. The SMILES string of the molecule is O=C(CCCNCc1cn(-c2ccccc2)nc1-c1cccnc1)NC1CC1. The zero-order valence-corrected chi connectivity index (χ0v) is 15.8. The van der Waals surface area contributed by atoms with Crippen LogP contribution >= 0.6 is 0 Å². The van der Waals surface area contributed by atoms with Crippen LogP contribution in [-0.2, 0) is 11.3 Å². The number of aromatic nitrogens is 3. The Kier molecular flexibility index (Phi) is 5.77. The van der Waals surface area contributed by atoms with Crippen LogP contribution < -0.4 is 10.6 Å². The van der Waals surface area contributed by atoms with E-state index in [1.54, 1.807) is 6.20 Å². The van der Waals surface area contributed by atoms with Gasteiger partial charge in [0.1, 0.15) is 0 Å². The molecule has 0 aliphatic heterocycles. The quantitative estimate of drug-likeness (QED) is 0.564. The summed E-state index contributed by atoms with van der Waals surface area (Å²) >= 11 is 0. The third kappa shape index (κ3) is 4.84. The van der Waals surface area contributed by atoms with Gasteiger partial charge in [-0.05, 0) is 50.1 Å². The molecule has 2 heterocycles. The number of nitrogens with zero attached hydrogens (tertiary/aromatic N) is 3. The maximum absolute atomic E-state index is 11.8. The first-order chi connectivity index (χ1) is 13.8. The summed E-state index contributed by atoms with van der Waals surface area (Å²) in [4.78, 5) is 16.0. The minimum Gasteiger partial charge on any atom is -0.353 e. The number of carbonyl (C=O) groups is 1. The van der Waals surface area contributed by atoms with Gasteiger partial charge in [0.25, 0.3) is 0 Å². The van der Waals surface area contributed by atoms with Crippen LogP contribution in [0.15, 0.2) is 61.1 Å². The third-order valence-electron chi connectivity index (χ3n) is 4.76. The molecule has 144 valence electrons. The first kappa shape index (κ1) is 18.4. The maximum atomic E-state index is 11.8. The molecule has 6 nitrogen and oxygen atoms in total. The molecule has 1 fully saturated rings. The number of para-hydroxylation sites is 1. The number of nitrogens with one attached hydrogen (secondary N) is 2. The number of amides is 1. The van der Waals surface area contributed by atoms with Crippen molar-refractivity contribution in [2.24, 2.45) is 0 Å². The van der Waals surface area contributed by atoms with E-state index in [9.17, 15) is 4.79 Å². The number of rotatable bonds is 9. The first-order valence-electron chi connectivity index (χ1n) is 9.84. The highest BCUT2D eigenvalue weighted by atomic mass is 16.1. The topological polar surface area (TPSA) is 71.8 Å². The Bertz CT molecular complexity index is 903. The Balaban J connectivity index is 1.40. The molecule has 1 aromatic carbocycles. The zero-order chi connectivity index (χ0) is 19.2. The Morgan fingerprint density at radius 2 is 2.00 bits per heavy atom. The monoisotopic (exact) mass is 375 g/mol. The van der Waals surface area contributed by atoms with Crippen LogP contribution in [0.25, 0.3) is 16.9 Å². The lowest BCUT2D eigenvalue weighted by Gasteiger charge is -2.06. The third-order valence-corrected chi connectivity index (χ3v) is 4.76. The summed E-state index contributed by atoms with van der Waals surface area (Å²) in [7, 11) is 0. The highest BCUT2D eigenvalue weighted by Crippen LogP contribution is 2.23. The van der Waals surface area contributed by atoms with Gasteiger partial charge in [-0.1, -0.05) is 18.2 Å². The lowest BCUT2D eigenvalue weighted by atomic mass is 10.1. The number of pyridine rings is 1. The standard InChI is InChI=1S/C22H25N5O/c28-21(25-19-10-11-19)9-5-13-24-15-18-16-27(20-7-2-1-3-8-20)26-22(18)17-6-4-12-23-14-17/h1-4,6-8,12,14,16,19,24H,5,9-11,13,15H2,(H,25,28). The molecule has 0 bridgehead atoms. The molecule has 1 amide bonds. The van der Waals surface area contributed by atoms with Crippen LogP contribution in [0.3, 0.4) is 0 Å². The summed E-state index contributed by atoms with van der Waals surface area (Å²) in [5.41, 5.74) is 4.06. The Morgan fingerprint density at radius 3 is 2.75 bits per heavy atom. The predicted molar refractivity (Wildman–Crippen MR) is 109 cm³/mol. The summed E-state index contributed by atoms with van der Waals surface area (Å²) in [6, 6.07) is 14.5. The van der Waals surface area contributed by atoms with Gasteiger partial charge in [0.15, 0.2) is 0 Å². The molecule has 4 rings (SSSR count). The van der Waals surface area contributed by atoms with Gasteiger partial charge in [0.05, 0.1) is 11.4 Å². The first-order valence-corrected chi connectivity index (χ1v) is 9.84. The summed E-state index contributed by atoms with van der Waals surface area (Å²) in [6.07, 6.45) is 9.32. The molecule has 2 aromatic heterocycles. The summed E-state index contributed by atoms with van der Waals surface area (Å²) in [6.45, 7) is 1.49.